The van der Waals surface area contributed by atoms with Crippen LogP contribution >= 0.6 is 0 Å². The second kappa shape index (κ2) is 9.10. The summed E-state index contributed by atoms with van der Waals surface area (Å²) in [7, 11) is 1.51. The summed E-state index contributed by atoms with van der Waals surface area (Å²) in [6.45, 7) is 6.95. The molecule has 0 atom stereocenters. The van der Waals surface area contributed by atoms with E-state index in [1.165, 1.54) is 7.05 Å². The van der Waals surface area contributed by atoms with Crippen LogP contribution < -0.4 is 21.5 Å². The monoisotopic (exact) mass is 446 g/mol. The third kappa shape index (κ3) is 4.35. The highest BCUT2D eigenvalue weighted by Gasteiger charge is 2.29. The molecule has 1 aromatic heterocycles. The van der Waals surface area contributed by atoms with Gasteiger partial charge < -0.3 is 10.2 Å². The van der Waals surface area contributed by atoms with Crippen molar-refractivity contribution in [1.29, 1.82) is 0 Å². The Morgan fingerprint density at radius 2 is 1.64 bits per heavy atom. The molecule has 0 bridgehead atoms. The average molecular weight is 447 g/mol. The molecule has 4 rings (SSSR count). The minimum Gasteiger partial charge on any atom is -0.366 e. The number of carbonyl (C=O) groups is 1. The number of aromatic nitrogens is 2. The number of carbonyl (C=O) groups excluding carboxylic acids is 1. The van der Waals surface area contributed by atoms with Crippen LogP contribution in [0.25, 0.3) is 5.69 Å². The Balaban J connectivity index is 1.56. The van der Waals surface area contributed by atoms with Crippen molar-refractivity contribution in [2.45, 2.75) is 33.6 Å². The molecule has 2 heterocycles. The first-order valence-electron chi connectivity index (χ1n) is 11.3. The number of amides is 1. The van der Waals surface area contributed by atoms with E-state index in [1.54, 1.807) is 4.57 Å². The molecule has 1 saturated heterocycles. The zero-order chi connectivity index (χ0) is 23.7. The highest BCUT2D eigenvalue weighted by molar-refractivity contribution is 5.93. The number of nitrogens with zero attached hydrogens (tertiary/aromatic N) is 3. The van der Waals surface area contributed by atoms with Crippen LogP contribution in [0.1, 0.15) is 29.7 Å². The summed E-state index contributed by atoms with van der Waals surface area (Å²) in [5.41, 5.74) is 4.18. The molecule has 0 radical (unpaired) electrons. The van der Waals surface area contributed by atoms with Crippen LogP contribution in [0.15, 0.2) is 58.1 Å². The largest absolute Gasteiger partial charge is 0.366 e. The maximum atomic E-state index is 13.0. The predicted octanol–water partition coefficient (Wildman–Crippen LogP) is 3.32. The van der Waals surface area contributed by atoms with Gasteiger partial charge in [-0.25, -0.2) is 4.79 Å². The summed E-state index contributed by atoms with van der Waals surface area (Å²) in [6, 6.07) is 15.4. The first kappa shape index (κ1) is 22.6. The van der Waals surface area contributed by atoms with Crippen LogP contribution in [0.3, 0.4) is 0 Å². The van der Waals surface area contributed by atoms with Crippen molar-refractivity contribution in [2.75, 3.05) is 23.3 Å². The van der Waals surface area contributed by atoms with Gasteiger partial charge in [0.05, 0.1) is 11.4 Å². The van der Waals surface area contributed by atoms with Crippen LogP contribution in [0, 0.1) is 26.7 Å². The van der Waals surface area contributed by atoms with E-state index in [1.807, 2.05) is 74.2 Å². The second-order valence-electron chi connectivity index (χ2n) is 8.82. The van der Waals surface area contributed by atoms with Gasteiger partial charge in [-0.3, -0.25) is 18.7 Å². The van der Waals surface area contributed by atoms with Gasteiger partial charge in [0, 0.05) is 31.7 Å². The van der Waals surface area contributed by atoms with Crippen LogP contribution in [0.5, 0.6) is 0 Å². The number of benzene rings is 2. The first-order chi connectivity index (χ1) is 15.8. The fourth-order valence-corrected chi connectivity index (χ4v) is 4.52. The number of nitrogens with one attached hydrogen (secondary N) is 1. The normalized spacial score (nSPS) is 14.4. The van der Waals surface area contributed by atoms with Crippen LogP contribution in [0.2, 0.25) is 0 Å². The standard InChI is InChI=1S/C26H30N4O3/c1-17-10-11-18(2)22(16-17)27-24(31)20-12-14-29(15-13-20)23-19(3)30(21-8-6-5-7-9-21)26(33)28(4)25(23)32/h5-11,16,20H,12-15H2,1-4H3,(H,27,31). The van der Waals surface area contributed by atoms with Gasteiger partial charge in [0.15, 0.2) is 0 Å². The van der Waals surface area contributed by atoms with E-state index in [4.69, 9.17) is 0 Å². The van der Waals surface area contributed by atoms with Gasteiger partial charge in [0.2, 0.25) is 5.91 Å². The Morgan fingerprint density at radius 3 is 2.30 bits per heavy atom. The molecule has 0 unspecified atom stereocenters. The lowest BCUT2D eigenvalue weighted by atomic mass is 9.95. The number of anilines is 2. The van der Waals surface area contributed by atoms with Crippen molar-refractivity contribution in [3.05, 3.63) is 86.2 Å². The molecule has 1 aliphatic rings. The Hall–Kier alpha value is -3.61. The van der Waals surface area contributed by atoms with E-state index in [0.717, 1.165) is 27.1 Å². The molecule has 1 amide bonds. The fraction of sp³-hybridized carbons (Fsp3) is 0.346. The van der Waals surface area contributed by atoms with Crippen molar-refractivity contribution in [2.24, 2.45) is 13.0 Å². The van der Waals surface area contributed by atoms with Gasteiger partial charge in [-0.2, -0.15) is 0 Å². The predicted molar refractivity (Wildman–Crippen MR) is 131 cm³/mol. The highest BCUT2D eigenvalue weighted by atomic mass is 16.2. The molecule has 1 aliphatic heterocycles. The van der Waals surface area contributed by atoms with Gasteiger partial charge in [-0.05, 0) is 62.9 Å². The lowest BCUT2D eigenvalue weighted by Crippen LogP contribution is -2.46. The molecule has 0 saturated carbocycles. The Kier molecular flexibility index (Phi) is 6.22. The molecule has 172 valence electrons. The quantitative estimate of drug-likeness (QED) is 0.667. The summed E-state index contributed by atoms with van der Waals surface area (Å²) in [5.74, 6) is -0.104. The Labute approximate surface area is 193 Å². The van der Waals surface area contributed by atoms with Gasteiger partial charge >= 0.3 is 5.69 Å². The van der Waals surface area contributed by atoms with Gasteiger partial charge in [0.25, 0.3) is 5.56 Å². The Bertz CT molecular complexity index is 1300. The number of piperidine rings is 1. The third-order valence-corrected chi connectivity index (χ3v) is 6.51. The number of rotatable bonds is 4. The summed E-state index contributed by atoms with van der Waals surface area (Å²) in [4.78, 5) is 40.8. The van der Waals surface area contributed by atoms with Gasteiger partial charge in [-0.1, -0.05) is 30.3 Å². The minimum absolute atomic E-state index is 0.0160. The van der Waals surface area contributed by atoms with Crippen LogP contribution in [-0.2, 0) is 11.8 Å². The molecule has 1 N–H and O–H groups in total. The molecule has 3 aromatic rings. The van der Waals surface area contributed by atoms with Crippen molar-refractivity contribution in [1.82, 2.24) is 9.13 Å². The second-order valence-corrected chi connectivity index (χ2v) is 8.82. The van der Waals surface area contributed by atoms with Gasteiger partial charge in [-0.15, -0.1) is 0 Å². The Morgan fingerprint density at radius 1 is 0.970 bits per heavy atom. The van der Waals surface area contributed by atoms with E-state index in [9.17, 15) is 14.4 Å². The first-order valence-corrected chi connectivity index (χ1v) is 11.3. The number of hydrogen-bond acceptors (Lipinski definition) is 4. The van der Waals surface area contributed by atoms with Crippen molar-refractivity contribution >= 4 is 17.3 Å². The van der Waals surface area contributed by atoms with E-state index in [0.29, 0.717) is 37.3 Å². The zero-order valence-corrected chi connectivity index (χ0v) is 19.6. The lowest BCUT2D eigenvalue weighted by Gasteiger charge is -2.34. The number of hydrogen-bond donors (Lipinski definition) is 1. The van der Waals surface area contributed by atoms with Crippen LogP contribution in [0.4, 0.5) is 11.4 Å². The fourth-order valence-electron chi connectivity index (χ4n) is 4.52. The molecule has 0 spiro atoms. The van der Waals surface area contributed by atoms with Crippen molar-refractivity contribution < 1.29 is 4.79 Å². The lowest BCUT2D eigenvalue weighted by molar-refractivity contribution is -0.120. The summed E-state index contributed by atoms with van der Waals surface area (Å²) in [5, 5.41) is 3.08. The maximum Gasteiger partial charge on any atom is 0.335 e. The molecule has 0 aliphatic carbocycles. The minimum atomic E-state index is -0.366. The molecular weight excluding hydrogens is 416 g/mol. The topological polar surface area (TPSA) is 76.3 Å². The average Bonchev–Trinajstić information content (AvgIpc) is 2.81. The molecular formula is C26H30N4O3. The molecule has 1 fully saturated rings. The van der Waals surface area contributed by atoms with Crippen molar-refractivity contribution in [3.8, 4) is 5.69 Å². The maximum absolute atomic E-state index is 13.0. The summed E-state index contributed by atoms with van der Waals surface area (Å²) >= 11 is 0. The molecule has 2 aromatic carbocycles. The molecule has 33 heavy (non-hydrogen) atoms. The van der Waals surface area contributed by atoms with E-state index >= 15 is 0 Å². The highest BCUT2D eigenvalue weighted by Crippen LogP contribution is 2.26. The molecule has 7 heteroatoms. The third-order valence-electron chi connectivity index (χ3n) is 6.51. The number of para-hydroxylation sites is 1. The van der Waals surface area contributed by atoms with E-state index < -0.39 is 0 Å². The van der Waals surface area contributed by atoms with E-state index in [-0.39, 0.29) is 23.1 Å². The SMILES string of the molecule is Cc1ccc(C)c(NC(=O)C2CCN(c3c(C)n(-c4ccccc4)c(=O)n(C)c3=O)CC2)c1. The number of aryl methyl sites for hydroxylation is 2. The molecule has 7 nitrogen and oxygen atoms in total. The van der Waals surface area contributed by atoms with E-state index in [2.05, 4.69) is 5.32 Å². The zero-order valence-electron chi connectivity index (χ0n) is 19.6. The summed E-state index contributed by atoms with van der Waals surface area (Å²) < 4.78 is 2.74. The smallest absolute Gasteiger partial charge is 0.335 e. The summed E-state index contributed by atoms with van der Waals surface area (Å²) in [6.07, 6.45) is 1.29. The van der Waals surface area contributed by atoms with Crippen LogP contribution in [-0.4, -0.2) is 28.1 Å². The van der Waals surface area contributed by atoms with Crippen molar-refractivity contribution in [3.63, 3.8) is 0 Å². The van der Waals surface area contributed by atoms with Gasteiger partial charge in [0.1, 0.15) is 5.69 Å².